The molecule has 2 aromatic rings. The predicted molar refractivity (Wildman–Crippen MR) is 93.3 cm³/mol. The second kappa shape index (κ2) is 7.14. The fourth-order valence-electron chi connectivity index (χ4n) is 2.67. The van der Waals surface area contributed by atoms with Crippen molar-refractivity contribution in [3.05, 3.63) is 18.3 Å². The van der Waals surface area contributed by atoms with Crippen molar-refractivity contribution in [3.63, 3.8) is 0 Å². The summed E-state index contributed by atoms with van der Waals surface area (Å²) in [7, 11) is -3.42. The molecule has 8 nitrogen and oxygen atoms in total. The first-order chi connectivity index (χ1) is 10.8. The van der Waals surface area contributed by atoms with E-state index in [4.69, 9.17) is 15.2 Å². The number of aromatic nitrogens is 2. The monoisotopic (exact) mass is 376 g/mol. The molecule has 0 aliphatic carbocycles. The zero-order valence-corrected chi connectivity index (χ0v) is 15.1. The fraction of sp³-hybridized carbons (Fsp3) is 0.500. The number of hydrogen-bond donors (Lipinski definition) is 2. The minimum absolute atomic E-state index is 0. The summed E-state index contributed by atoms with van der Waals surface area (Å²) in [4.78, 5) is 0. The van der Waals surface area contributed by atoms with E-state index >= 15 is 0 Å². The molecule has 0 amide bonds. The molecule has 1 aromatic carbocycles. The lowest BCUT2D eigenvalue weighted by molar-refractivity contribution is 0.173. The largest absolute Gasteiger partial charge is 0.486 e. The molecule has 2 atom stereocenters. The topological polar surface area (TPSA) is 108 Å². The highest BCUT2D eigenvalue weighted by Gasteiger charge is 2.25. The number of hydrogen-bond acceptors (Lipinski definition) is 6. The van der Waals surface area contributed by atoms with E-state index in [2.05, 4.69) is 9.82 Å². The van der Waals surface area contributed by atoms with Crippen LogP contribution in [0.15, 0.2) is 18.3 Å². The van der Waals surface area contributed by atoms with E-state index in [1.807, 2.05) is 19.1 Å². The summed E-state index contributed by atoms with van der Waals surface area (Å²) in [6.07, 6.45) is 2.58. The average molecular weight is 377 g/mol. The molecule has 134 valence electrons. The van der Waals surface area contributed by atoms with Crippen LogP contribution in [0.1, 0.15) is 19.5 Å². The standard InChI is InChI=1S/C14H20N4O4S.ClH/c1-9(15)7-12(17-23(2,19)20)18-13-10(8-16-18)3-4-11-14(13)22-6-5-21-11;/h3-4,8-9,12,17H,5-7,15H2,1-2H3;1H/t9-,12+;/m0./s1. The van der Waals surface area contributed by atoms with E-state index in [1.165, 1.54) is 0 Å². The number of nitrogens with two attached hydrogens (primary N) is 1. The minimum Gasteiger partial charge on any atom is -0.486 e. The third kappa shape index (κ3) is 3.92. The van der Waals surface area contributed by atoms with Gasteiger partial charge in [0.25, 0.3) is 0 Å². The highest BCUT2D eigenvalue weighted by molar-refractivity contribution is 7.88. The Morgan fingerprint density at radius 1 is 1.38 bits per heavy atom. The van der Waals surface area contributed by atoms with Crippen LogP contribution in [0.5, 0.6) is 11.5 Å². The molecule has 0 saturated heterocycles. The first-order valence-corrected chi connectivity index (χ1v) is 9.23. The number of benzene rings is 1. The van der Waals surface area contributed by atoms with Gasteiger partial charge in [-0.1, -0.05) is 0 Å². The van der Waals surface area contributed by atoms with Crippen molar-refractivity contribution in [2.45, 2.75) is 25.6 Å². The summed E-state index contributed by atoms with van der Waals surface area (Å²) in [6.45, 7) is 2.74. The molecule has 0 unspecified atom stereocenters. The number of halogens is 1. The number of nitrogens with one attached hydrogen (secondary N) is 1. The molecule has 3 N–H and O–H groups in total. The van der Waals surface area contributed by atoms with Gasteiger partial charge >= 0.3 is 0 Å². The quantitative estimate of drug-likeness (QED) is 0.806. The summed E-state index contributed by atoms with van der Waals surface area (Å²) in [5.41, 5.74) is 6.57. The Kier molecular flexibility index (Phi) is 5.59. The van der Waals surface area contributed by atoms with Crippen LogP contribution in [-0.2, 0) is 10.0 Å². The Morgan fingerprint density at radius 2 is 2.08 bits per heavy atom. The van der Waals surface area contributed by atoms with Gasteiger partial charge in [0.1, 0.15) is 24.9 Å². The highest BCUT2D eigenvalue weighted by Crippen LogP contribution is 2.38. The van der Waals surface area contributed by atoms with Crippen LogP contribution in [-0.4, -0.2) is 43.7 Å². The van der Waals surface area contributed by atoms with Crippen molar-refractivity contribution in [2.75, 3.05) is 19.5 Å². The van der Waals surface area contributed by atoms with Gasteiger partial charge in [-0.15, -0.1) is 12.4 Å². The van der Waals surface area contributed by atoms with Crippen LogP contribution in [0.2, 0.25) is 0 Å². The lowest BCUT2D eigenvalue weighted by atomic mass is 10.2. The van der Waals surface area contributed by atoms with Crippen LogP contribution in [0, 0.1) is 0 Å². The highest BCUT2D eigenvalue weighted by atomic mass is 35.5. The average Bonchev–Trinajstić information content (AvgIpc) is 2.89. The van der Waals surface area contributed by atoms with Crippen molar-refractivity contribution < 1.29 is 17.9 Å². The van der Waals surface area contributed by atoms with Gasteiger partial charge in [-0.05, 0) is 25.5 Å². The van der Waals surface area contributed by atoms with Crippen molar-refractivity contribution in [1.29, 1.82) is 0 Å². The van der Waals surface area contributed by atoms with E-state index < -0.39 is 16.2 Å². The Bertz CT molecular complexity index is 822. The van der Waals surface area contributed by atoms with Crippen LogP contribution < -0.4 is 19.9 Å². The molecule has 2 heterocycles. The van der Waals surface area contributed by atoms with Crippen LogP contribution in [0.25, 0.3) is 10.9 Å². The van der Waals surface area contributed by atoms with Gasteiger partial charge in [-0.25, -0.2) is 13.1 Å². The number of ether oxygens (including phenoxy) is 2. The second-order valence-corrected chi connectivity index (χ2v) is 7.52. The van der Waals surface area contributed by atoms with Crippen molar-refractivity contribution in [3.8, 4) is 11.5 Å². The number of fused-ring (bicyclic) bond motifs is 3. The predicted octanol–water partition coefficient (Wildman–Crippen LogP) is 1.01. The van der Waals surface area contributed by atoms with E-state index in [9.17, 15) is 8.42 Å². The van der Waals surface area contributed by atoms with Gasteiger partial charge in [0.15, 0.2) is 11.5 Å². The molecule has 0 radical (unpaired) electrons. The number of rotatable bonds is 5. The van der Waals surface area contributed by atoms with Gasteiger partial charge in [-0.2, -0.15) is 9.82 Å². The van der Waals surface area contributed by atoms with Crippen LogP contribution in [0.4, 0.5) is 0 Å². The Labute approximate surface area is 146 Å². The summed E-state index contributed by atoms with van der Waals surface area (Å²) >= 11 is 0. The minimum atomic E-state index is -3.42. The molecular weight excluding hydrogens is 356 g/mol. The number of nitrogens with zero attached hydrogens (tertiary/aromatic N) is 2. The molecular formula is C14H21ClN4O4S. The van der Waals surface area contributed by atoms with E-state index in [0.717, 1.165) is 11.6 Å². The third-order valence-corrected chi connectivity index (χ3v) is 4.20. The maximum Gasteiger partial charge on any atom is 0.210 e. The van der Waals surface area contributed by atoms with Gasteiger partial charge < -0.3 is 15.2 Å². The lowest BCUT2D eigenvalue weighted by Crippen LogP contribution is -2.36. The van der Waals surface area contributed by atoms with E-state index in [-0.39, 0.29) is 18.4 Å². The molecule has 0 fully saturated rings. The van der Waals surface area contributed by atoms with Gasteiger partial charge in [0.2, 0.25) is 10.0 Å². The molecule has 0 spiro atoms. The molecule has 1 aliphatic rings. The zero-order chi connectivity index (χ0) is 16.6. The molecule has 0 bridgehead atoms. The summed E-state index contributed by atoms with van der Waals surface area (Å²) in [6, 6.07) is 3.49. The van der Waals surface area contributed by atoms with Gasteiger partial charge in [-0.3, -0.25) is 0 Å². The van der Waals surface area contributed by atoms with Crippen LogP contribution in [0.3, 0.4) is 0 Å². The smallest absolute Gasteiger partial charge is 0.210 e. The fourth-order valence-corrected chi connectivity index (χ4v) is 3.36. The van der Waals surface area contributed by atoms with Crippen molar-refractivity contribution in [1.82, 2.24) is 14.5 Å². The summed E-state index contributed by atoms with van der Waals surface area (Å²) in [5, 5.41) is 5.19. The third-order valence-electron chi connectivity index (χ3n) is 3.50. The van der Waals surface area contributed by atoms with Crippen molar-refractivity contribution in [2.24, 2.45) is 5.73 Å². The maximum absolute atomic E-state index is 11.7. The molecule has 1 aromatic heterocycles. The molecule has 24 heavy (non-hydrogen) atoms. The lowest BCUT2D eigenvalue weighted by Gasteiger charge is -2.24. The first-order valence-electron chi connectivity index (χ1n) is 7.34. The molecule has 1 aliphatic heterocycles. The first kappa shape index (κ1) is 18.8. The Balaban J connectivity index is 0.00000208. The van der Waals surface area contributed by atoms with E-state index in [0.29, 0.717) is 36.7 Å². The molecule has 0 saturated carbocycles. The zero-order valence-electron chi connectivity index (χ0n) is 13.4. The van der Waals surface area contributed by atoms with E-state index in [1.54, 1.807) is 10.9 Å². The van der Waals surface area contributed by atoms with Gasteiger partial charge in [0, 0.05) is 11.4 Å². The van der Waals surface area contributed by atoms with Crippen LogP contribution >= 0.6 is 12.4 Å². The molecule has 10 heteroatoms. The summed E-state index contributed by atoms with van der Waals surface area (Å²) in [5.74, 6) is 1.21. The van der Waals surface area contributed by atoms with Gasteiger partial charge in [0.05, 0.1) is 12.5 Å². The van der Waals surface area contributed by atoms with Crippen molar-refractivity contribution >= 4 is 33.3 Å². The second-order valence-electron chi connectivity index (χ2n) is 5.74. The normalized spacial score (nSPS) is 16.5. The SMILES string of the molecule is C[C@H](N)C[C@H](NS(C)(=O)=O)n1ncc2ccc3c(c21)OCCO3.Cl. The summed E-state index contributed by atoms with van der Waals surface area (Å²) < 4.78 is 38.9. The molecule has 3 rings (SSSR count). The maximum atomic E-state index is 11.7. The number of sulfonamides is 1. The Hall–Kier alpha value is -1.55. The Morgan fingerprint density at radius 3 is 2.75 bits per heavy atom.